The maximum atomic E-state index is 9.73. The van der Waals surface area contributed by atoms with Gasteiger partial charge in [0.2, 0.25) is 0 Å². The summed E-state index contributed by atoms with van der Waals surface area (Å²) in [7, 11) is 0. The van der Waals surface area contributed by atoms with Gasteiger partial charge < -0.3 is 9.80 Å². The van der Waals surface area contributed by atoms with Crippen LogP contribution in [0.2, 0.25) is 0 Å². The second-order valence-electron chi connectivity index (χ2n) is 15.5. The van der Waals surface area contributed by atoms with Gasteiger partial charge in [0.05, 0.1) is 21.9 Å². The van der Waals surface area contributed by atoms with Crippen LogP contribution in [0, 0.1) is 0 Å². The third kappa shape index (κ3) is 5.95. The molecule has 12 rings (SSSR count). The predicted molar refractivity (Wildman–Crippen MR) is 263 cm³/mol. The third-order valence-corrected chi connectivity index (χ3v) is 12.1. The molecule has 0 radical (unpaired) electrons. The molecule has 0 heterocycles. The molecule has 0 amide bonds. The summed E-state index contributed by atoms with van der Waals surface area (Å²) >= 11 is 0. The van der Waals surface area contributed by atoms with Crippen LogP contribution in [0.5, 0.6) is 0 Å². The van der Waals surface area contributed by atoms with Crippen molar-refractivity contribution in [2.75, 3.05) is 9.80 Å². The molecule has 0 saturated carbocycles. The number of anilines is 6. The number of hydrogen-bond donors (Lipinski definition) is 0. The van der Waals surface area contributed by atoms with Crippen LogP contribution in [0.25, 0.3) is 44.5 Å². The van der Waals surface area contributed by atoms with E-state index < -0.39 is 100 Å². The summed E-state index contributed by atoms with van der Waals surface area (Å²) in [5.74, 6) is 0. The highest BCUT2D eigenvalue weighted by Gasteiger charge is 2.51. The Labute approximate surface area is 386 Å². The lowest BCUT2D eigenvalue weighted by Gasteiger charge is -2.32. The molecule has 0 fully saturated rings. The first-order valence-corrected chi connectivity index (χ1v) is 20.8. The first-order chi connectivity index (χ1) is 36.3. The Balaban J connectivity index is 1.02. The van der Waals surface area contributed by atoms with E-state index in [0.29, 0.717) is 22.7 Å². The smallest absolute Gasteiger partial charge is 0.0726 e. The minimum atomic E-state index is -0.740. The van der Waals surface area contributed by atoms with Gasteiger partial charge in [0, 0.05) is 34.1 Å². The zero-order valence-corrected chi connectivity index (χ0v) is 33.7. The maximum absolute atomic E-state index is 9.73. The summed E-state index contributed by atoms with van der Waals surface area (Å²) in [5.41, 5.74) is 8.00. The second kappa shape index (κ2) is 15.1. The van der Waals surface area contributed by atoms with E-state index in [2.05, 4.69) is 60.7 Å². The molecular formula is C61H42N2. The number of hydrogen-bond acceptors (Lipinski definition) is 2. The molecule has 0 aromatic heterocycles. The summed E-state index contributed by atoms with van der Waals surface area (Å²) in [6.45, 7) is 0. The van der Waals surface area contributed by atoms with Crippen molar-refractivity contribution in [3.8, 4) is 44.5 Å². The topological polar surface area (TPSA) is 6.48 Å². The monoisotopic (exact) mass is 814 g/mol. The first-order valence-electron chi connectivity index (χ1n) is 26.8. The lowest BCUT2D eigenvalue weighted by atomic mass is 9.70. The van der Waals surface area contributed by atoms with Crippen molar-refractivity contribution in [3.05, 3.63) is 277 Å². The van der Waals surface area contributed by atoms with E-state index in [1.165, 1.54) is 0 Å². The van der Waals surface area contributed by atoms with Crippen LogP contribution < -0.4 is 9.80 Å². The molecule has 0 unspecified atom stereocenters. The van der Waals surface area contributed by atoms with Crippen LogP contribution in [0.3, 0.4) is 0 Å². The molecule has 2 heteroatoms. The number of para-hydroxylation sites is 3. The van der Waals surface area contributed by atoms with Crippen LogP contribution in [-0.2, 0) is 5.41 Å². The van der Waals surface area contributed by atoms with E-state index in [9.17, 15) is 16.4 Å². The Morgan fingerprint density at radius 2 is 0.556 bits per heavy atom. The molecule has 1 spiro atoms. The molecule has 2 aliphatic rings. The van der Waals surface area contributed by atoms with Crippen molar-refractivity contribution in [2.45, 2.75) is 5.41 Å². The number of fused-ring (bicyclic) bond motifs is 10. The van der Waals surface area contributed by atoms with Gasteiger partial charge in [-0.25, -0.2) is 0 Å². The Morgan fingerprint density at radius 3 is 0.937 bits per heavy atom. The van der Waals surface area contributed by atoms with Crippen LogP contribution >= 0.6 is 0 Å². The molecule has 63 heavy (non-hydrogen) atoms. The fourth-order valence-corrected chi connectivity index (χ4v) is 9.42. The average molecular weight is 815 g/mol. The van der Waals surface area contributed by atoms with Crippen LogP contribution in [0.1, 0.15) is 38.7 Å². The van der Waals surface area contributed by atoms with Crippen LogP contribution in [0.15, 0.2) is 255 Å². The van der Waals surface area contributed by atoms with E-state index in [1.807, 2.05) is 72.8 Å². The van der Waals surface area contributed by atoms with E-state index in [4.69, 9.17) is 0 Å². The average Bonchev–Trinajstić information content (AvgIpc) is 3.99. The van der Waals surface area contributed by atoms with Crippen molar-refractivity contribution in [3.63, 3.8) is 0 Å². The number of rotatable bonds is 8. The Kier molecular flexibility index (Phi) is 6.26. The lowest BCUT2D eigenvalue weighted by Crippen LogP contribution is -2.26. The molecule has 0 N–H and O–H groups in total. The van der Waals surface area contributed by atoms with E-state index in [0.717, 1.165) is 44.5 Å². The van der Waals surface area contributed by atoms with Gasteiger partial charge in [0.15, 0.2) is 0 Å². The normalized spacial score (nSPS) is 15.2. The minimum absolute atomic E-state index is 0.0926. The van der Waals surface area contributed by atoms with Crippen molar-refractivity contribution >= 4 is 34.1 Å². The zero-order chi connectivity index (χ0) is 52.2. The van der Waals surface area contributed by atoms with Crippen molar-refractivity contribution in [2.24, 2.45) is 0 Å². The van der Waals surface area contributed by atoms with Crippen LogP contribution in [0.4, 0.5) is 34.1 Å². The SMILES string of the molecule is [2H]c1c([2H])c(-c2c([2H])c([2H])c(N(c3ccccc3)c3ccc4c(c3)C3(c5ccccc5-c5ccccc53)c3ccccc3-4)c([2H])c2[2H])c([2H])c([2H])c1-c1c([2H])c([2H])c(N(c2ccccc2)c2ccccc2)c([2H])c1[2H]. The number of nitrogens with zero attached hydrogens (tertiary/aromatic N) is 2. The maximum Gasteiger partial charge on any atom is 0.0726 e. The third-order valence-electron chi connectivity index (χ3n) is 12.1. The van der Waals surface area contributed by atoms with Crippen molar-refractivity contribution in [1.29, 1.82) is 0 Å². The van der Waals surface area contributed by atoms with E-state index >= 15 is 0 Å². The molecule has 2 aliphatic carbocycles. The van der Waals surface area contributed by atoms with Gasteiger partial charge >= 0.3 is 0 Å². The highest BCUT2D eigenvalue weighted by atomic mass is 15.1. The standard InChI is InChI=1S/C61H42N2/c1-4-16-47(17-5-1)62(48-18-6-2-7-19-48)50-36-32-45(33-37-50)43-28-30-44(31-29-43)46-34-38-51(39-35-46)63(49-20-8-3-9-21-49)52-40-41-56-55-24-12-15-27-59(55)61(60(56)42-52)57-25-13-10-22-53(57)54-23-11-14-26-58(54)61/h1-42H/i28D,29D,30D,31D,32D,33D,34D,35D,36D,37D,38D,39D. The van der Waals surface area contributed by atoms with Gasteiger partial charge in [0.25, 0.3) is 0 Å². The molecular weight excluding hydrogens is 761 g/mol. The highest BCUT2D eigenvalue weighted by molar-refractivity contribution is 5.96. The molecule has 0 saturated heterocycles. The quantitative estimate of drug-likeness (QED) is 0.151. The summed E-state index contributed by atoms with van der Waals surface area (Å²) in [6.07, 6.45) is 0. The summed E-state index contributed by atoms with van der Waals surface area (Å²) in [6, 6.07) is 50.8. The van der Waals surface area contributed by atoms with Crippen LogP contribution in [-0.4, -0.2) is 0 Å². The van der Waals surface area contributed by atoms with E-state index in [-0.39, 0.29) is 11.4 Å². The summed E-state index contributed by atoms with van der Waals surface area (Å²) in [4.78, 5) is 3.27. The Bertz CT molecular complexity index is 3810. The molecule has 2 nitrogen and oxygen atoms in total. The molecule has 10 aromatic carbocycles. The Morgan fingerprint density at radius 1 is 0.254 bits per heavy atom. The van der Waals surface area contributed by atoms with Gasteiger partial charge in [-0.05, 0) is 139 Å². The predicted octanol–water partition coefficient (Wildman–Crippen LogP) is 16.3. The zero-order valence-electron chi connectivity index (χ0n) is 45.7. The molecule has 10 aromatic rings. The lowest BCUT2D eigenvalue weighted by molar-refractivity contribution is 0.793. The summed E-state index contributed by atoms with van der Waals surface area (Å²) in [5, 5.41) is 0. The number of benzene rings is 10. The first kappa shape index (κ1) is 26.2. The largest absolute Gasteiger partial charge is 0.311 e. The van der Waals surface area contributed by atoms with Crippen molar-refractivity contribution < 1.29 is 16.4 Å². The Hall–Kier alpha value is -8.20. The fraction of sp³-hybridized carbons (Fsp3) is 0.0164. The van der Waals surface area contributed by atoms with Crippen molar-refractivity contribution in [1.82, 2.24) is 0 Å². The summed E-state index contributed by atoms with van der Waals surface area (Å²) < 4.78 is 113. The van der Waals surface area contributed by atoms with Gasteiger partial charge in [-0.15, -0.1) is 0 Å². The highest BCUT2D eigenvalue weighted by Crippen LogP contribution is 2.63. The molecule has 0 bridgehead atoms. The molecule has 0 atom stereocenters. The second-order valence-corrected chi connectivity index (χ2v) is 15.5. The molecule has 296 valence electrons. The minimum Gasteiger partial charge on any atom is -0.311 e. The molecule has 0 aliphatic heterocycles. The van der Waals surface area contributed by atoms with Gasteiger partial charge in [-0.2, -0.15) is 0 Å². The fourth-order valence-electron chi connectivity index (χ4n) is 9.42. The van der Waals surface area contributed by atoms with Gasteiger partial charge in [0.1, 0.15) is 0 Å². The van der Waals surface area contributed by atoms with Gasteiger partial charge in [-0.1, -0.05) is 182 Å². The van der Waals surface area contributed by atoms with E-state index in [1.54, 1.807) is 58.3 Å². The van der Waals surface area contributed by atoms with Gasteiger partial charge in [-0.3, -0.25) is 0 Å².